The summed E-state index contributed by atoms with van der Waals surface area (Å²) in [5.41, 5.74) is 0.914. The molecule has 0 atom stereocenters. The summed E-state index contributed by atoms with van der Waals surface area (Å²) in [5, 5.41) is 3.61. The molecule has 0 fully saturated rings. The van der Waals surface area contributed by atoms with E-state index in [-0.39, 0.29) is 24.8 Å². The molecule has 92 valence electrons. The number of nitrogens with one attached hydrogen (secondary N) is 1. The highest BCUT2D eigenvalue weighted by Gasteiger charge is 2.09. The van der Waals surface area contributed by atoms with Crippen LogP contribution in [0.4, 0.5) is 0 Å². The summed E-state index contributed by atoms with van der Waals surface area (Å²) in [6.45, 7) is -0.0595. The van der Waals surface area contributed by atoms with E-state index in [2.05, 4.69) is 5.32 Å². The van der Waals surface area contributed by atoms with Crippen molar-refractivity contribution < 1.29 is 14.4 Å². The number of rotatable bonds is 5. The summed E-state index contributed by atoms with van der Waals surface area (Å²) in [4.78, 5) is 27.5. The molecule has 0 spiro atoms. The summed E-state index contributed by atoms with van der Waals surface area (Å²) >= 11 is 0. The minimum Gasteiger partial charge on any atom is -0.347 e. The Morgan fingerprint density at radius 3 is 2.53 bits per heavy atom. The zero-order valence-corrected chi connectivity index (χ0v) is 9.97. The molecule has 0 heterocycles. The van der Waals surface area contributed by atoms with Gasteiger partial charge in [-0.05, 0) is 5.56 Å². The fourth-order valence-corrected chi connectivity index (χ4v) is 1.23. The van der Waals surface area contributed by atoms with Gasteiger partial charge in [0, 0.05) is 7.05 Å². The molecule has 5 nitrogen and oxygen atoms in total. The lowest BCUT2D eigenvalue weighted by Crippen LogP contribution is -2.38. The molecule has 0 unspecified atom stereocenters. The van der Waals surface area contributed by atoms with Gasteiger partial charge in [0.2, 0.25) is 5.91 Å². The molecule has 17 heavy (non-hydrogen) atoms. The van der Waals surface area contributed by atoms with Gasteiger partial charge in [0.05, 0.1) is 20.1 Å². The van der Waals surface area contributed by atoms with Crippen molar-refractivity contribution in [3.8, 4) is 0 Å². The lowest BCUT2D eigenvalue weighted by molar-refractivity contribution is -0.167. The first-order valence-electron chi connectivity index (χ1n) is 5.24. The second kappa shape index (κ2) is 6.65. The van der Waals surface area contributed by atoms with Crippen LogP contribution in [0.5, 0.6) is 0 Å². The maximum atomic E-state index is 11.5. The molecule has 0 saturated carbocycles. The Morgan fingerprint density at radius 1 is 1.29 bits per heavy atom. The topological polar surface area (TPSA) is 58.6 Å². The van der Waals surface area contributed by atoms with Gasteiger partial charge in [-0.2, -0.15) is 0 Å². The molecule has 1 aromatic carbocycles. The highest BCUT2D eigenvalue weighted by Crippen LogP contribution is 1.98. The summed E-state index contributed by atoms with van der Waals surface area (Å²) in [5.74, 6) is -0.483. The number of carbonyl (C=O) groups is 2. The summed E-state index contributed by atoms with van der Waals surface area (Å²) in [6.07, 6.45) is 0.269. The molecule has 1 N–H and O–H groups in total. The Morgan fingerprint density at radius 2 is 1.94 bits per heavy atom. The minimum absolute atomic E-state index is 0.0595. The van der Waals surface area contributed by atoms with Crippen molar-refractivity contribution in [2.45, 2.75) is 6.42 Å². The predicted molar refractivity (Wildman–Crippen MR) is 62.9 cm³/mol. The van der Waals surface area contributed by atoms with Crippen LogP contribution in [-0.4, -0.2) is 37.6 Å². The molecule has 1 aromatic rings. The van der Waals surface area contributed by atoms with E-state index in [1.807, 2.05) is 30.3 Å². The van der Waals surface area contributed by atoms with Gasteiger partial charge in [0.25, 0.3) is 5.91 Å². The first kappa shape index (κ1) is 13.2. The summed E-state index contributed by atoms with van der Waals surface area (Å²) in [7, 11) is 2.88. The minimum atomic E-state index is -0.297. The third-order valence-corrected chi connectivity index (χ3v) is 2.27. The zero-order valence-electron chi connectivity index (χ0n) is 9.97. The van der Waals surface area contributed by atoms with E-state index in [0.29, 0.717) is 0 Å². The normalized spacial score (nSPS) is 9.76. The average Bonchev–Trinajstić information content (AvgIpc) is 2.36. The first-order valence-corrected chi connectivity index (χ1v) is 5.24. The molecule has 0 saturated heterocycles. The van der Waals surface area contributed by atoms with Crippen LogP contribution in [0.1, 0.15) is 5.56 Å². The van der Waals surface area contributed by atoms with Gasteiger partial charge >= 0.3 is 0 Å². The van der Waals surface area contributed by atoms with E-state index in [4.69, 9.17) is 4.84 Å². The van der Waals surface area contributed by atoms with Crippen LogP contribution in [0.25, 0.3) is 0 Å². The number of hydrogen-bond donors (Lipinski definition) is 1. The molecular formula is C12H16N2O3. The van der Waals surface area contributed by atoms with Gasteiger partial charge in [-0.1, -0.05) is 30.3 Å². The number of amides is 2. The number of hydrogen-bond acceptors (Lipinski definition) is 3. The second-order valence-corrected chi connectivity index (χ2v) is 3.51. The number of nitrogens with zero attached hydrogens (tertiary/aromatic N) is 1. The van der Waals surface area contributed by atoms with Crippen molar-refractivity contribution in [1.29, 1.82) is 0 Å². The van der Waals surface area contributed by atoms with Crippen LogP contribution < -0.4 is 5.32 Å². The highest BCUT2D eigenvalue weighted by atomic mass is 16.7. The van der Waals surface area contributed by atoms with Gasteiger partial charge in [0.15, 0.2) is 0 Å². The Hall–Kier alpha value is -1.88. The summed E-state index contributed by atoms with van der Waals surface area (Å²) in [6, 6.07) is 9.35. The standard InChI is InChI=1S/C12H16N2O3/c1-14(17-2)12(16)9-13-11(15)8-10-6-4-3-5-7-10/h3-7H,8-9H2,1-2H3,(H,13,15). The fourth-order valence-electron chi connectivity index (χ4n) is 1.23. The fraction of sp³-hybridized carbons (Fsp3) is 0.333. The second-order valence-electron chi connectivity index (χ2n) is 3.51. The first-order chi connectivity index (χ1) is 8.13. The van der Waals surface area contributed by atoms with Crippen LogP contribution in [0.2, 0.25) is 0 Å². The van der Waals surface area contributed by atoms with Crippen molar-refractivity contribution in [2.24, 2.45) is 0 Å². The van der Waals surface area contributed by atoms with E-state index in [1.165, 1.54) is 14.2 Å². The van der Waals surface area contributed by atoms with Crippen molar-refractivity contribution in [3.05, 3.63) is 35.9 Å². The molecule has 0 aliphatic rings. The number of benzene rings is 1. The van der Waals surface area contributed by atoms with Crippen molar-refractivity contribution in [3.63, 3.8) is 0 Å². The van der Waals surface area contributed by atoms with Crippen LogP contribution in [0.15, 0.2) is 30.3 Å². The Kier molecular flexibility index (Phi) is 5.16. The lowest BCUT2D eigenvalue weighted by atomic mass is 10.1. The van der Waals surface area contributed by atoms with E-state index < -0.39 is 0 Å². The van der Waals surface area contributed by atoms with Gasteiger partial charge in [-0.25, -0.2) is 5.06 Å². The van der Waals surface area contributed by atoms with Gasteiger partial charge < -0.3 is 5.32 Å². The number of carbonyl (C=O) groups excluding carboxylic acids is 2. The van der Waals surface area contributed by atoms with Crippen molar-refractivity contribution >= 4 is 11.8 Å². The quantitative estimate of drug-likeness (QED) is 0.751. The average molecular weight is 236 g/mol. The number of hydroxylamine groups is 2. The largest absolute Gasteiger partial charge is 0.347 e. The van der Waals surface area contributed by atoms with E-state index in [9.17, 15) is 9.59 Å². The molecule has 0 aliphatic carbocycles. The van der Waals surface area contributed by atoms with E-state index in [1.54, 1.807) is 0 Å². The van der Waals surface area contributed by atoms with Gasteiger partial charge in [-0.3, -0.25) is 14.4 Å². The maximum Gasteiger partial charge on any atom is 0.265 e. The van der Waals surface area contributed by atoms with Crippen LogP contribution in [0, 0.1) is 0 Å². The van der Waals surface area contributed by atoms with Crippen molar-refractivity contribution in [2.75, 3.05) is 20.7 Å². The maximum absolute atomic E-state index is 11.5. The predicted octanol–water partition coefficient (Wildman–Crippen LogP) is 0.365. The highest BCUT2D eigenvalue weighted by molar-refractivity contribution is 5.85. The van der Waals surface area contributed by atoms with E-state index >= 15 is 0 Å². The molecule has 0 aromatic heterocycles. The monoisotopic (exact) mass is 236 g/mol. The molecule has 5 heteroatoms. The van der Waals surface area contributed by atoms with Crippen LogP contribution in [-0.2, 0) is 20.8 Å². The third kappa shape index (κ3) is 4.65. The molecular weight excluding hydrogens is 220 g/mol. The van der Waals surface area contributed by atoms with Crippen LogP contribution in [0.3, 0.4) is 0 Å². The SMILES string of the molecule is CON(C)C(=O)CNC(=O)Cc1ccccc1. The molecule has 0 aliphatic heterocycles. The Labute approximate surface area is 100 Å². The van der Waals surface area contributed by atoms with Crippen LogP contribution >= 0.6 is 0 Å². The zero-order chi connectivity index (χ0) is 12.7. The lowest BCUT2D eigenvalue weighted by Gasteiger charge is -2.13. The molecule has 0 radical (unpaired) electrons. The van der Waals surface area contributed by atoms with Crippen molar-refractivity contribution in [1.82, 2.24) is 10.4 Å². The molecule has 0 bridgehead atoms. The van der Waals surface area contributed by atoms with Gasteiger partial charge in [0.1, 0.15) is 0 Å². The third-order valence-electron chi connectivity index (χ3n) is 2.27. The Bertz CT molecular complexity index is 379. The number of likely N-dealkylation sites (N-methyl/N-ethyl adjacent to an activating group) is 1. The Balaban J connectivity index is 2.34. The summed E-state index contributed by atoms with van der Waals surface area (Å²) < 4.78 is 0. The molecule has 2 amide bonds. The van der Waals surface area contributed by atoms with E-state index in [0.717, 1.165) is 10.6 Å². The smallest absolute Gasteiger partial charge is 0.265 e. The van der Waals surface area contributed by atoms with Gasteiger partial charge in [-0.15, -0.1) is 0 Å². The molecule has 1 rings (SSSR count).